The molecule has 2 atom stereocenters. The van der Waals surface area contributed by atoms with Gasteiger partial charge >= 0.3 is 0 Å². The van der Waals surface area contributed by atoms with Crippen LogP contribution in [0, 0.1) is 18.3 Å². The predicted molar refractivity (Wildman–Crippen MR) is 135 cm³/mol. The molecule has 0 bridgehead atoms. The van der Waals surface area contributed by atoms with E-state index in [1.165, 1.54) is 11.8 Å². The number of aryl methyl sites for hydroxylation is 2. The van der Waals surface area contributed by atoms with E-state index >= 15 is 0 Å². The quantitative estimate of drug-likeness (QED) is 0.516. The molecular formula is C27H32N4O2S. The van der Waals surface area contributed by atoms with Crippen LogP contribution in [0.15, 0.2) is 65.8 Å². The fourth-order valence-corrected chi connectivity index (χ4v) is 6.01. The van der Waals surface area contributed by atoms with Crippen LogP contribution >= 0.6 is 0 Å². The molecule has 0 spiro atoms. The van der Waals surface area contributed by atoms with Gasteiger partial charge in [-0.2, -0.15) is 0 Å². The summed E-state index contributed by atoms with van der Waals surface area (Å²) in [5.41, 5.74) is 4.69. The molecule has 0 saturated heterocycles. The second kappa shape index (κ2) is 9.39. The highest BCUT2D eigenvalue weighted by Gasteiger charge is 2.34. The molecule has 2 aromatic heterocycles. The normalized spacial score (nSPS) is 18.9. The molecule has 0 radical (unpaired) electrons. The van der Waals surface area contributed by atoms with Gasteiger partial charge in [0.15, 0.2) is 0 Å². The predicted octanol–water partition coefficient (Wildman–Crippen LogP) is 4.82. The van der Waals surface area contributed by atoms with E-state index in [-0.39, 0.29) is 16.7 Å². The summed E-state index contributed by atoms with van der Waals surface area (Å²) in [7, 11) is -3.68. The molecule has 0 aliphatic heterocycles. The maximum atomic E-state index is 12.8. The molecule has 0 fully saturated rings. The Bertz CT molecular complexity index is 1280. The Hall–Kier alpha value is -2.90. The molecule has 2 heterocycles. The number of rotatable bonds is 5. The van der Waals surface area contributed by atoms with Gasteiger partial charge in [0.1, 0.15) is 4.90 Å². The van der Waals surface area contributed by atoms with Crippen molar-refractivity contribution in [2.45, 2.75) is 63.3 Å². The SMILES string of the molecule is Cc1cnc2c(c1)C(=N)C(c1ccc(S(=O)(=O)NC(C)(C)C)cn1)C(Cc1ccccc1)CC2. The van der Waals surface area contributed by atoms with Crippen LogP contribution in [0.1, 0.15) is 61.2 Å². The fourth-order valence-electron chi connectivity index (χ4n) is 4.64. The number of sulfonamides is 1. The van der Waals surface area contributed by atoms with Crippen molar-refractivity contribution in [3.05, 3.63) is 89.0 Å². The Morgan fingerprint density at radius 3 is 2.44 bits per heavy atom. The van der Waals surface area contributed by atoms with Crippen LogP contribution in [-0.4, -0.2) is 29.6 Å². The van der Waals surface area contributed by atoms with Crippen LogP contribution in [0.5, 0.6) is 0 Å². The molecule has 3 aromatic rings. The minimum Gasteiger partial charge on any atom is -0.304 e. The van der Waals surface area contributed by atoms with Crippen LogP contribution in [0.3, 0.4) is 0 Å². The summed E-state index contributed by atoms with van der Waals surface area (Å²) in [6.07, 6.45) is 5.76. The van der Waals surface area contributed by atoms with Gasteiger partial charge < -0.3 is 5.41 Å². The first-order valence-corrected chi connectivity index (χ1v) is 13.1. The molecule has 0 saturated carbocycles. The lowest BCUT2D eigenvalue weighted by molar-refractivity contribution is 0.452. The summed E-state index contributed by atoms with van der Waals surface area (Å²) in [6.45, 7) is 7.41. The van der Waals surface area contributed by atoms with Crippen molar-refractivity contribution in [2.24, 2.45) is 5.92 Å². The van der Waals surface area contributed by atoms with Gasteiger partial charge in [-0.3, -0.25) is 9.97 Å². The summed E-state index contributed by atoms with van der Waals surface area (Å²) in [4.78, 5) is 9.36. The lowest BCUT2D eigenvalue weighted by Gasteiger charge is -2.26. The summed E-state index contributed by atoms with van der Waals surface area (Å²) in [5.74, 6) is -0.107. The lowest BCUT2D eigenvalue weighted by Crippen LogP contribution is -2.40. The van der Waals surface area contributed by atoms with Gasteiger partial charge in [-0.25, -0.2) is 13.1 Å². The number of pyridine rings is 2. The molecule has 6 nitrogen and oxygen atoms in total. The molecule has 7 heteroatoms. The largest absolute Gasteiger partial charge is 0.304 e. The maximum absolute atomic E-state index is 12.8. The summed E-state index contributed by atoms with van der Waals surface area (Å²) < 4.78 is 28.2. The minimum atomic E-state index is -3.68. The van der Waals surface area contributed by atoms with E-state index in [1.807, 2.05) is 37.4 Å². The Morgan fingerprint density at radius 1 is 1.06 bits per heavy atom. The first-order valence-electron chi connectivity index (χ1n) is 11.6. The monoisotopic (exact) mass is 476 g/mol. The van der Waals surface area contributed by atoms with E-state index in [4.69, 9.17) is 0 Å². The molecule has 2 unspecified atom stereocenters. The highest BCUT2D eigenvalue weighted by atomic mass is 32.2. The second-order valence-electron chi connectivity index (χ2n) is 10.2. The number of hydrogen-bond acceptors (Lipinski definition) is 5. The minimum absolute atomic E-state index is 0.129. The standard InChI is InChI=1S/C27H32N4O2S/c1-18-14-22-23(29-16-18)12-10-20(15-19-8-6-5-7-9-19)25(26(22)28)24-13-11-21(17-30-24)34(32,33)31-27(2,3)4/h5-9,11,13-14,16-17,20,25,28,31H,10,12,15H2,1-4H3. The van der Waals surface area contributed by atoms with Gasteiger partial charge in [0.05, 0.1) is 0 Å². The molecule has 34 heavy (non-hydrogen) atoms. The highest BCUT2D eigenvalue weighted by molar-refractivity contribution is 7.89. The van der Waals surface area contributed by atoms with Crippen molar-refractivity contribution >= 4 is 15.7 Å². The first kappa shape index (κ1) is 24.2. The number of hydrogen-bond donors (Lipinski definition) is 2. The van der Waals surface area contributed by atoms with Crippen molar-refractivity contribution in [3.63, 3.8) is 0 Å². The molecule has 2 N–H and O–H groups in total. The van der Waals surface area contributed by atoms with E-state index in [0.717, 1.165) is 41.8 Å². The third-order valence-electron chi connectivity index (χ3n) is 6.10. The van der Waals surface area contributed by atoms with Crippen LogP contribution in [0.4, 0.5) is 0 Å². The molecular weight excluding hydrogens is 444 g/mol. The van der Waals surface area contributed by atoms with Crippen LogP contribution in [-0.2, 0) is 22.9 Å². The Morgan fingerprint density at radius 2 is 1.79 bits per heavy atom. The lowest BCUT2D eigenvalue weighted by atomic mass is 9.79. The van der Waals surface area contributed by atoms with Gasteiger partial charge in [0.2, 0.25) is 10.0 Å². The van der Waals surface area contributed by atoms with Gasteiger partial charge in [-0.05, 0) is 82.2 Å². The van der Waals surface area contributed by atoms with Crippen LogP contribution in [0.2, 0.25) is 0 Å². The van der Waals surface area contributed by atoms with Gasteiger partial charge in [-0.15, -0.1) is 0 Å². The van der Waals surface area contributed by atoms with E-state index in [2.05, 4.69) is 26.8 Å². The molecule has 1 aliphatic rings. The van der Waals surface area contributed by atoms with E-state index < -0.39 is 15.6 Å². The molecule has 178 valence electrons. The number of benzene rings is 1. The maximum Gasteiger partial charge on any atom is 0.242 e. The molecule has 1 aliphatic carbocycles. The number of nitrogens with zero attached hydrogens (tertiary/aromatic N) is 2. The zero-order valence-corrected chi connectivity index (χ0v) is 21.0. The van der Waals surface area contributed by atoms with Crippen molar-refractivity contribution in [1.82, 2.24) is 14.7 Å². The molecule has 1 aromatic carbocycles. The topological polar surface area (TPSA) is 95.8 Å². The highest BCUT2D eigenvalue weighted by Crippen LogP contribution is 2.37. The van der Waals surface area contributed by atoms with Gasteiger partial charge in [0.25, 0.3) is 0 Å². The Balaban J connectivity index is 1.73. The summed E-state index contributed by atoms with van der Waals surface area (Å²) in [5, 5.41) is 9.18. The Kier molecular flexibility index (Phi) is 6.69. The molecule has 4 rings (SSSR count). The first-order chi connectivity index (χ1) is 16.0. The number of aromatic nitrogens is 2. The number of fused-ring (bicyclic) bond motifs is 1. The van der Waals surface area contributed by atoms with Gasteiger partial charge in [-0.1, -0.05) is 30.3 Å². The average molecular weight is 477 g/mol. The van der Waals surface area contributed by atoms with E-state index in [9.17, 15) is 13.8 Å². The second-order valence-corrected chi connectivity index (χ2v) is 11.8. The van der Waals surface area contributed by atoms with Crippen LogP contribution < -0.4 is 4.72 Å². The van der Waals surface area contributed by atoms with E-state index in [1.54, 1.807) is 32.9 Å². The van der Waals surface area contributed by atoms with Crippen LogP contribution in [0.25, 0.3) is 0 Å². The van der Waals surface area contributed by atoms with Crippen molar-refractivity contribution in [1.29, 1.82) is 5.41 Å². The van der Waals surface area contributed by atoms with E-state index in [0.29, 0.717) is 5.71 Å². The fraction of sp³-hybridized carbons (Fsp3) is 0.370. The van der Waals surface area contributed by atoms with Crippen molar-refractivity contribution in [2.75, 3.05) is 0 Å². The zero-order chi connectivity index (χ0) is 24.5. The zero-order valence-electron chi connectivity index (χ0n) is 20.2. The average Bonchev–Trinajstić information content (AvgIpc) is 2.89. The smallest absolute Gasteiger partial charge is 0.242 e. The third kappa shape index (κ3) is 5.42. The third-order valence-corrected chi connectivity index (χ3v) is 7.84. The Labute approximate surface area is 202 Å². The summed E-state index contributed by atoms with van der Waals surface area (Å²) in [6, 6.07) is 15.7. The summed E-state index contributed by atoms with van der Waals surface area (Å²) >= 11 is 0. The number of nitrogens with one attached hydrogen (secondary N) is 2. The van der Waals surface area contributed by atoms with Gasteiger partial charge in [0, 0.05) is 46.5 Å². The van der Waals surface area contributed by atoms with Crippen molar-refractivity contribution < 1.29 is 8.42 Å². The molecule has 0 amide bonds. The van der Waals surface area contributed by atoms with Crippen molar-refractivity contribution in [3.8, 4) is 0 Å².